The van der Waals surface area contributed by atoms with Gasteiger partial charge in [0, 0.05) is 6.42 Å². The number of Topliss-reactive ketones (excluding diaryl/α,β-unsaturated/α-hetero) is 1. The maximum absolute atomic E-state index is 13.5. The van der Waals surface area contributed by atoms with Crippen molar-refractivity contribution in [2.45, 2.75) is 42.9 Å². The fourth-order valence-corrected chi connectivity index (χ4v) is 2.24. The summed E-state index contributed by atoms with van der Waals surface area (Å²) < 4.78 is 143. The van der Waals surface area contributed by atoms with E-state index in [1.807, 2.05) is 0 Å². The third-order valence-electron chi connectivity index (χ3n) is 3.32. The Kier molecular flexibility index (Phi) is 9.33. The van der Waals surface area contributed by atoms with Crippen LogP contribution >= 0.6 is 0 Å². The molecule has 0 fully saturated rings. The molecule has 0 aliphatic heterocycles. The van der Waals surface area contributed by atoms with E-state index in [0.717, 1.165) is 6.92 Å². The number of hydrogen-bond donors (Lipinski definition) is 2. The van der Waals surface area contributed by atoms with Crippen molar-refractivity contribution in [1.29, 1.82) is 0 Å². The summed E-state index contributed by atoms with van der Waals surface area (Å²) in [4.78, 5) is 34.0. The number of rotatable bonds is 12. The van der Waals surface area contributed by atoms with Gasteiger partial charge < -0.3 is 14.8 Å². The van der Waals surface area contributed by atoms with Gasteiger partial charge >= 0.3 is 45.1 Å². The number of ether oxygens (including phenoxy) is 2. The van der Waals surface area contributed by atoms with Crippen molar-refractivity contribution in [2.24, 2.45) is 0 Å². The fraction of sp³-hybridized carbons (Fsp3) is 0.643. The Bertz CT molecular complexity index is 857. The molecule has 0 aliphatic rings. The van der Waals surface area contributed by atoms with Crippen LogP contribution in [0.1, 0.15) is 19.8 Å². The zero-order chi connectivity index (χ0) is 25.8. The molecule has 0 saturated heterocycles. The number of esters is 1. The summed E-state index contributed by atoms with van der Waals surface area (Å²) in [5.41, 5.74) is 0. The lowest BCUT2D eigenvalue weighted by molar-refractivity contribution is -0.347. The molecule has 0 aromatic carbocycles. The maximum atomic E-state index is 13.5. The van der Waals surface area contributed by atoms with E-state index in [2.05, 4.69) is 16.1 Å². The fourth-order valence-electron chi connectivity index (χ4n) is 1.76. The number of ketones is 1. The van der Waals surface area contributed by atoms with Gasteiger partial charge in [-0.3, -0.25) is 14.1 Å². The first-order valence-corrected chi connectivity index (χ1v) is 9.35. The van der Waals surface area contributed by atoms with Crippen molar-refractivity contribution in [3.8, 4) is 0 Å². The van der Waals surface area contributed by atoms with Crippen LogP contribution in [-0.2, 0) is 34.0 Å². The minimum Gasteiger partial charge on any atom is -0.410 e. The second-order valence-corrected chi connectivity index (χ2v) is 7.40. The Morgan fingerprint density at radius 3 is 1.94 bits per heavy atom. The van der Waals surface area contributed by atoms with Crippen LogP contribution in [0, 0.1) is 0 Å². The molecule has 1 unspecified atom stereocenters. The van der Waals surface area contributed by atoms with Crippen molar-refractivity contribution in [2.75, 3.05) is 13.2 Å². The van der Waals surface area contributed by atoms with Gasteiger partial charge in [0.15, 0.2) is 0 Å². The number of hydrogen-bond acceptors (Lipinski definition) is 7. The summed E-state index contributed by atoms with van der Waals surface area (Å²) in [7, 11) is -6.62. The molecular formula is C14H15F8NO8S. The SMILES string of the molecule is C=C(F)C(=O)OC(OCCCC(F)(F)C(F)(F)S(=O)(=O)O)(C(=O)NCC(C)=O)C(F)(F)F. The molecule has 1 atom stereocenters. The number of alkyl halides is 7. The molecule has 0 radical (unpaired) electrons. The Morgan fingerprint density at radius 1 is 1.06 bits per heavy atom. The van der Waals surface area contributed by atoms with E-state index in [4.69, 9.17) is 4.55 Å². The van der Waals surface area contributed by atoms with Crippen LogP contribution in [0.2, 0.25) is 0 Å². The third kappa shape index (κ3) is 6.83. The Labute approximate surface area is 174 Å². The quantitative estimate of drug-likeness (QED) is 0.102. The van der Waals surface area contributed by atoms with E-state index in [1.165, 1.54) is 5.32 Å². The summed E-state index contributed by atoms with van der Waals surface area (Å²) >= 11 is 0. The predicted molar refractivity (Wildman–Crippen MR) is 85.4 cm³/mol. The molecule has 2 N–H and O–H groups in total. The molecule has 0 bridgehead atoms. The number of halogens is 8. The highest BCUT2D eigenvalue weighted by Gasteiger charge is 2.67. The van der Waals surface area contributed by atoms with E-state index in [1.54, 1.807) is 0 Å². The van der Waals surface area contributed by atoms with Gasteiger partial charge in [0.2, 0.25) is 5.83 Å². The molecule has 0 aromatic rings. The molecule has 18 heteroatoms. The van der Waals surface area contributed by atoms with Gasteiger partial charge in [-0.15, -0.1) is 0 Å². The molecule has 0 spiro atoms. The molecule has 1 amide bonds. The molecule has 9 nitrogen and oxygen atoms in total. The highest BCUT2D eigenvalue weighted by molar-refractivity contribution is 7.87. The number of nitrogens with one attached hydrogen (secondary N) is 1. The summed E-state index contributed by atoms with van der Waals surface area (Å²) in [6.45, 7) is 0.341. The zero-order valence-electron chi connectivity index (χ0n) is 15.8. The van der Waals surface area contributed by atoms with Gasteiger partial charge in [-0.05, 0) is 13.3 Å². The Morgan fingerprint density at radius 2 is 1.56 bits per heavy atom. The molecule has 0 rings (SSSR count). The summed E-state index contributed by atoms with van der Waals surface area (Å²) in [6.07, 6.45) is -9.75. The van der Waals surface area contributed by atoms with Crippen LogP contribution in [0.3, 0.4) is 0 Å². The Hall–Kier alpha value is -2.34. The van der Waals surface area contributed by atoms with E-state index in [-0.39, 0.29) is 0 Å². The normalized spacial score (nSPS) is 14.9. The zero-order valence-corrected chi connectivity index (χ0v) is 16.6. The average molecular weight is 509 g/mol. The van der Waals surface area contributed by atoms with Crippen LogP contribution in [-0.4, -0.2) is 66.9 Å². The predicted octanol–water partition coefficient (Wildman–Crippen LogP) is 1.89. The van der Waals surface area contributed by atoms with Crippen LogP contribution in [0.15, 0.2) is 12.4 Å². The first-order valence-electron chi connectivity index (χ1n) is 7.91. The molecule has 0 aromatic heterocycles. The minimum atomic E-state index is -6.62. The van der Waals surface area contributed by atoms with E-state index >= 15 is 0 Å². The van der Waals surface area contributed by atoms with Crippen molar-refractivity contribution in [3.05, 3.63) is 12.4 Å². The van der Waals surface area contributed by atoms with E-state index in [0.29, 0.717) is 0 Å². The first kappa shape index (κ1) is 29.7. The molecule has 0 aliphatic carbocycles. The van der Waals surface area contributed by atoms with Gasteiger partial charge in [0.1, 0.15) is 5.78 Å². The maximum Gasteiger partial charge on any atom is 0.466 e. The molecule has 0 saturated carbocycles. The number of carbonyl (C=O) groups excluding carboxylic acids is 3. The average Bonchev–Trinajstić information content (AvgIpc) is 2.59. The van der Waals surface area contributed by atoms with Crippen LogP contribution < -0.4 is 5.32 Å². The lowest BCUT2D eigenvalue weighted by atomic mass is 10.2. The summed E-state index contributed by atoms with van der Waals surface area (Å²) in [6, 6.07) is 0. The lowest BCUT2D eigenvalue weighted by Gasteiger charge is -2.33. The largest absolute Gasteiger partial charge is 0.466 e. The minimum absolute atomic E-state index is 0.809. The smallest absolute Gasteiger partial charge is 0.410 e. The van der Waals surface area contributed by atoms with Gasteiger partial charge in [0.05, 0.1) is 13.2 Å². The second-order valence-electron chi connectivity index (χ2n) is 5.94. The molecular weight excluding hydrogens is 494 g/mol. The number of amides is 1. The van der Waals surface area contributed by atoms with Crippen LogP contribution in [0.25, 0.3) is 0 Å². The van der Waals surface area contributed by atoms with Gasteiger partial charge in [-0.2, -0.15) is 43.5 Å². The molecule has 186 valence electrons. The standard InChI is InChI=1S/C14H15F8NO8S/c1-7(24)6-23-10(26)12(13(18,19)20,31-9(25)8(2)15)30-5-3-4-11(16,17)14(21,22)32(27,28)29/h2-6H2,1H3,(H,23,26)(H,27,28,29). The molecule has 32 heavy (non-hydrogen) atoms. The number of carbonyl (C=O) groups is 3. The van der Waals surface area contributed by atoms with Gasteiger partial charge in [-0.25, -0.2) is 4.79 Å². The monoisotopic (exact) mass is 509 g/mol. The summed E-state index contributed by atoms with van der Waals surface area (Å²) in [5.74, 6) is -18.2. The third-order valence-corrected chi connectivity index (χ3v) is 4.26. The Balaban J connectivity index is 5.80. The molecule has 0 heterocycles. The first-order chi connectivity index (χ1) is 14.1. The van der Waals surface area contributed by atoms with Gasteiger partial charge in [-0.1, -0.05) is 6.58 Å². The lowest BCUT2D eigenvalue weighted by Crippen LogP contribution is -2.62. The second kappa shape index (κ2) is 10.1. The van der Waals surface area contributed by atoms with E-state index < -0.39 is 82.7 Å². The highest BCUT2D eigenvalue weighted by Crippen LogP contribution is 2.42. The highest BCUT2D eigenvalue weighted by atomic mass is 32.2. The van der Waals surface area contributed by atoms with Crippen molar-refractivity contribution in [1.82, 2.24) is 5.32 Å². The van der Waals surface area contributed by atoms with Crippen LogP contribution in [0.4, 0.5) is 35.1 Å². The van der Waals surface area contributed by atoms with Crippen LogP contribution in [0.5, 0.6) is 0 Å². The van der Waals surface area contributed by atoms with Crippen molar-refractivity contribution in [3.63, 3.8) is 0 Å². The summed E-state index contributed by atoms with van der Waals surface area (Å²) in [5, 5.41) is -4.70. The van der Waals surface area contributed by atoms with Gasteiger partial charge in [0.25, 0.3) is 0 Å². The van der Waals surface area contributed by atoms with Crippen molar-refractivity contribution < 1.29 is 72.0 Å². The topological polar surface area (TPSA) is 136 Å². The van der Waals surface area contributed by atoms with Crippen molar-refractivity contribution >= 4 is 27.8 Å². The van der Waals surface area contributed by atoms with E-state index in [9.17, 15) is 57.9 Å².